The number of benzene rings is 2. The van der Waals surface area contributed by atoms with E-state index in [1.165, 1.54) is 9.21 Å². The average Bonchev–Trinajstić information content (AvgIpc) is 2.83. The van der Waals surface area contributed by atoms with E-state index in [2.05, 4.69) is 5.32 Å². The van der Waals surface area contributed by atoms with Gasteiger partial charge >= 0.3 is 0 Å². The van der Waals surface area contributed by atoms with Crippen molar-refractivity contribution >= 4 is 62.3 Å². The fraction of sp³-hybridized carbons (Fsp3) is 0.462. The molecule has 0 aromatic heterocycles. The zero-order valence-electron chi connectivity index (χ0n) is 21.6. The lowest BCUT2D eigenvalue weighted by Gasteiger charge is -2.31. The van der Waals surface area contributed by atoms with E-state index >= 15 is 0 Å². The molecule has 0 saturated heterocycles. The number of nitrogens with one attached hydrogen (secondary N) is 1. The molecule has 1 N–H and O–H groups in total. The van der Waals surface area contributed by atoms with Crippen LogP contribution in [0, 0.1) is 6.92 Å². The van der Waals surface area contributed by atoms with Gasteiger partial charge in [0.15, 0.2) is 0 Å². The molecule has 2 rings (SSSR count). The SMILES string of the molecule is CCCNC(=O)[C@H](CC)N(Cc1ccc(Cl)c(Cl)c1)C(=O)CCCN(c1cc(Cl)ccc1C)S(C)(=O)=O. The fourth-order valence-electron chi connectivity index (χ4n) is 3.95. The molecule has 0 bridgehead atoms. The maximum Gasteiger partial charge on any atom is 0.242 e. The van der Waals surface area contributed by atoms with E-state index < -0.39 is 16.1 Å². The van der Waals surface area contributed by atoms with Crippen LogP contribution in [0.15, 0.2) is 36.4 Å². The second kappa shape index (κ2) is 14.2. The zero-order valence-corrected chi connectivity index (χ0v) is 24.6. The number of hydrogen-bond acceptors (Lipinski definition) is 4. The smallest absolute Gasteiger partial charge is 0.242 e. The number of rotatable bonds is 13. The van der Waals surface area contributed by atoms with Crippen LogP contribution in [-0.4, -0.2) is 50.5 Å². The van der Waals surface area contributed by atoms with Crippen molar-refractivity contribution in [2.45, 2.75) is 59.0 Å². The van der Waals surface area contributed by atoms with Crippen LogP contribution in [0.25, 0.3) is 0 Å². The summed E-state index contributed by atoms with van der Waals surface area (Å²) in [5, 5.41) is 4.04. The van der Waals surface area contributed by atoms with Gasteiger partial charge in [-0.1, -0.05) is 60.8 Å². The zero-order chi connectivity index (χ0) is 27.8. The van der Waals surface area contributed by atoms with Crippen molar-refractivity contribution in [3.63, 3.8) is 0 Å². The number of anilines is 1. The predicted molar refractivity (Wildman–Crippen MR) is 152 cm³/mol. The van der Waals surface area contributed by atoms with Crippen molar-refractivity contribution in [3.8, 4) is 0 Å². The van der Waals surface area contributed by atoms with Gasteiger partial charge in [0.25, 0.3) is 0 Å². The minimum Gasteiger partial charge on any atom is -0.354 e. The van der Waals surface area contributed by atoms with Gasteiger partial charge in [-0.05, 0) is 61.6 Å². The van der Waals surface area contributed by atoms with Gasteiger partial charge in [-0.3, -0.25) is 13.9 Å². The lowest BCUT2D eigenvalue weighted by Crippen LogP contribution is -2.49. The molecule has 0 unspecified atom stereocenters. The first-order chi connectivity index (χ1) is 17.4. The van der Waals surface area contributed by atoms with Crippen LogP contribution in [0.5, 0.6) is 0 Å². The molecule has 7 nitrogen and oxygen atoms in total. The molecule has 0 heterocycles. The first-order valence-electron chi connectivity index (χ1n) is 12.1. The van der Waals surface area contributed by atoms with Gasteiger partial charge < -0.3 is 10.2 Å². The summed E-state index contributed by atoms with van der Waals surface area (Å²) in [5.41, 5.74) is 1.96. The van der Waals surface area contributed by atoms with Crippen molar-refractivity contribution in [2.75, 3.05) is 23.7 Å². The second-order valence-electron chi connectivity index (χ2n) is 8.85. The van der Waals surface area contributed by atoms with Gasteiger partial charge in [0.05, 0.1) is 22.0 Å². The number of carbonyl (C=O) groups excluding carboxylic acids is 2. The second-order valence-corrected chi connectivity index (χ2v) is 12.0. The average molecular weight is 591 g/mol. The van der Waals surface area contributed by atoms with E-state index in [0.717, 1.165) is 23.8 Å². The summed E-state index contributed by atoms with van der Waals surface area (Å²) in [6.07, 6.45) is 2.61. The lowest BCUT2D eigenvalue weighted by molar-refractivity contribution is -0.141. The minimum absolute atomic E-state index is 0.0461. The molecule has 0 aliphatic carbocycles. The highest BCUT2D eigenvalue weighted by molar-refractivity contribution is 7.92. The number of carbonyl (C=O) groups is 2. The molecule has 0 spiro atoms. The first kappa shape index (κ1) is 31.2. The molecule has 0 aliphatic heterocycles. The number of amides is 2. The topological polar surface area (TPSA) is 86.8 Å². The Morgan fingerprint density at radius 2 is 1.73 bits per heavy atom. The normalized spacial score (nSPS) is 12.2. The molecular formula is C26H34Cl3N3O4S. The van der Waals surface area contributed by atoms with Gasteiger partial charge in [0.2, 0.25) is 21.8 Å². The maximum atomic E-state index is 13.5. The highest BCUT2D eigenvalue weighted by Crippen LogP contribution is 2.27. The maximum absolute atomic E-state index is 13.5. The molecule has 204 valence electrons. The van der Waals surface area contributed by atoms with E-state index in [0.29, 0.717) is 33.7 Å². The van der Waals surface area contributed by atoms with Gasteiger partial charge in [0.1, 0.15) is 6.04 Å². The molecule has 1 atom stereocenters. The third-order valence-electron chi connectivity index (χ3n) is 5.86. The molecule has 0 fully saturated rings. The molecule has 2 aromatic carbocycles. The Balaban J connectivity index is 2.26. The number of aryl methyl sites for hydroxylation is 1. The van der Waals surface area contributed by atoms with E-state index in [1.807, 2.05) is 13.8 Å². The van der Waals surface area contributed by atoms with Crippen LogP contribution >= 0.6 is 34.8 Å². The first-order valence-corrected chi connectivity index (χ1v) is 15.1. The number of sulfonamides is 1. The predicted octanol–water partition coefficient (Wildman–Crippen LogP) is 5.84. The van der Waals surface area contributed by atoms with Gasteiger partial charge in [0, 0.05) is 31.1 Å². The summed E-state index contributed by atoms with van der Waals surface area (Å²) in [5.74, 6) is -0.495. The Hall–Kier alpha value is -2.00. The summed E-state index contributed by atoms with van der Waals surface area (Å²) in [6.45, 7) is 6.36. The summed E-state index contributed by atoms with van der Waals surface area (Å²) in [4.78, 5) is 27.9. The molecular weight excluding hydrogens is 557 g/mol. The van der Waals surface area contributed by atoms with Gasteiger partial charge in [-0.25, -0.2) is 8.42 Å². The van der Waals surface area contributed by atoms with E-state index in [4.69, 9.17) is 34.8 Å². The Labute approximate surface area is 235 Å². The molecule has 0 aliphatic rings. The van der Waals surface area contributed by atoms with Gasteiger partial charge in [-0.15, -0.1) is 0 Å². The summed E-state index contributed by atoms with van der Waals surface area (Å²) < 4.78 is 26.4. The standard InChI is InChI=1S/C26H34Cl3N3O4S/c1-5-13-30-26(34)23(6-2)31(17-19-10-12-21(28)22(29)15-19)25(33)8-7-14-32(37(4,35)36)24-16-20(27)11-9-18(24)3/h9-12,15-16,23H,5-8,13-14,17H2,1-4H3,(H,30,34)/t23-/m0/s1. The van der Waals surface area contributed by atoms with E-state index in [1.54, 1.807) is 43.3 Å². The van der Waals surface area contributed by atoms with Crippen LogP contribution in [0.1, 0.15) is 50.7 Å². The van der Waals surface area contributed by atoms with Crippen molar-refractivity contribution in [2.24, 2.45) is 0 Å². The van der Waals surface area contributed by atoms with Crippen molar-refractivity contribution in [1.82, 2.24) is 10.2 Å². The van der Waals surface area contributed by atoms with Gasteiger partial charge in [-0.2, -0.15) is 0 Å². The highest BCUT2D eigenvalue weighted by Gasteiger charge is 2.29. The Morgan fingerprint density at radius 3 is 2.32 bits per heavy atom. The molecule has 2 aromatic rings. The van der Waals surface area contributed by atoms with E-state index in [9.17, 15) is 18.0 Å². The number of nitrogens with zero attached hydrogens (tertiary/aromatic N) is 2. The van der Waals surface area contributed by atoms with Crippen LogP contribution in [0.4, 0.5) is 5.69 Å². The molecule has 37 heavy (non-hydrogen) atoms. The van der Waals surface area contributed by atoms with Crippen molar-refractivity contribution in [1.29, 1.82) is 0 Å². The molecule has 0 saturated carbocycles. The minimum atomic E-state index is -3.62. The van der Waals surface area contributed by atoms with Crippen molar-refractivity contribution in [3.05, 3.63) is 62.6 Å². The number of hydrogen-bond donors (Lipinski definition) is 1. The molecule has 11 heteroatoms. The number of halogens is 3. The summed E-state index contributed by atoms with van der Waals surface area (Å²) in [6, 6.07) is 9.45. The van der Waals surface area contributed by atoms with Crippen LogP contribution in [0.3, 0.4) is 0 Å². The summed E-state index contributed by atoms with van der Waals surface area (Å²) in [7, 11) is -3.62. The fourth-order valence-corrected chi connectivity index (χ4v) is 5.46. The van der Waals surface area contributed by atoms with Crippen LogP contribution < -0.4 is 9.62 Å². The Morgan fingerprint density at radius 1 is 1.03 bits per heavy atom. The molecule has 2 amide bonds. The highest BCUT2D eigenvalue weighted by atomic mass is 35.5. The Kier molecular flexibility index (Phi) is 12.0. The van der Waals surface area contributed by atoms with Crippen LogP contribution in [0.2, 0.25) is 15.1 Å². The monoisotopic (exact) mass is 589 g/mol. The third-order valence-corrected chi connectivity index (χ3v) is 8.02. The lowest BCUT2D eigenvalue weighted by atomic mass is 10.1. The quantitative estimate of drug-likeness (QED) is 0.318. The third kappa shape index (κ3) is 9.06. The largest absolute Gasteiger partial charge is 0.354 e. The summed E-state index contributed by atoms with van der Waals surface area (Å²) >= 11 is 18.3. The van der Waals surface area contributed by atoms with E-state index in [-0.39, 0.29) is 37.7 Å². The van der Waals surface area contributed by atoms with Crippen LogP contribution in [-0.2, 0) is 26.2 Å². The molecule has 0 radical (unpaired) electrons. The Bertz CT molecular complexity index is 1210. The van der Waals surface area contributed by atoms with Crippen molar-refractivity contribution < 1.29 is 18.0 Å².